The molecule has 394 valence electrons. The second-order valence-electron chi connectivity index (χ2n) is 18.2. The number of hydrogen-bond acceptors (Lipinski definition) is 3. The zero-order valence-electron chi connectivity index (χ0n) is 37.8. The number of carboxylic acids is 1. The van der Waals surface area contributed by atoms with Crippen molar-refractivity contribution < 1.29 is 98.5 Å². The van der Waals surface area contributed by atoms with E-state index in [2.05, 4.69) is 13.8 Å². The maximum absolute atomic E-state index is 13.8. The predicted octanol–water partition coefficient (Wildman–Crippen LogP) is 16.2. The quantitative estimate of drug-likeness (QED) is 0.0586. The highest BCUT2D eigenvalue weighted by Crippen LogP contribution is 2.56. The predicted molar refractivity (Wildman–Crippen MR) is 217 cm³/mol. The van der Waals surface area contributed by atoms with Gasteiger partial charge in [-0.15, -0.1) is 0 Å². The number of aryl methyl sites for hydroxylation is 2. The Bertz CT molecular complexity index is 1910. The molecule has 0 bridgehead atoms. The van der Waals surface area contributed by atoms with Gasteiger partial charge in [-0.2, -0.15) is 79.0 Å². The van der Waals surface area contributed by atoms with E-state index in [4.69, 9.17) is 4.74 Å². The van der Waals surface area contributed by atoms with Crippen LogP contribution in [0.15, 0.2) is 48.5 Å². The third-order valence-corrected chi connectivity index (χ3v) is 13.3. The molecule has 0 amide bonds. The van der Waals surface area contributed by atoms with Crippen molar-refractivity contribution in [2.45, 2.75) is 189 Å². The number of alkyl halides is 18. The van der Waals surface area contributed by atoms with Crippen molar-refractivity contribution in [3.63, 3.8) is 0 Å². The lowest BCUT2D eigenvalue weighted by Gasteiger charge is -2.37. The molecule has 0 aliphatic heterocycles. The number of benzene rings is 2. The lowest BCUT2D eigenvalue weighted by Crippen LogP contribution is -2.60. The van der Waals surface area contributed by atoms with E-state index in [1.165, 1.54) is 36.4 Å². The van der Waals surface area contributed by atoms with Crippen LogP contribution in [-0.4, -0.2) is 64.9 Å². The van der Waals surface area contributed by atoms with Gasteiger partial charge >= 0.3 is 59.8 Å². The molecule has 2 aliphatic rings. The van der Waals surface area contributed by atoms with Crippen LogP contribution in [-0.2, 0) is 27.8 Å². The summed E-state index contributed by atoms with van der Waals surface area (Å²) < 4.78 is 239. The monoisotopic (exact) mass is 1030 g/mol. The summed E-state index contributed by atoms with van der Waals surface area (Å²) in [7, 11) is 0. The van der Waals surface area contributed by atoms with E-state index in [1.54, 1.807) is 0 Å². The molecule has 22 heteroatoms. The third kappa shape index (κ3) is 14.0. The van der Waals surface area contributed by atoms with Crippen LogP contribution in [0.2, 0.25) is 0 Å². The van der Waals surface area contributed by atoms with Gasteiger partial charge in [-0.3, -0.25) is 9.59 Å². The minimum Gasteiger partial charge on any atom is -0.481 e. The summed E-state index contributed by atoms with van der Waals surface area (Å²) >= 11 is 0. The fraction of sp³-hybridized carbons (Fsp3) is 0.702. The van der Waals surface area contributed by atoms with Crippen molar-refractivity contribution in [1.29, 1.82) is 0 Å². The molecule has 4 nitrogen and oxygen atoms in total. The second kappa shape index (κ2) is 23.1. The zero-order chi connectivity index (χ0) is 52.5. The molecule has 1 N–H and O–H groups in total. The Hall–Kier alpha value is -3.88. The molecule has 2 saturated carbocycles. The number of carboxylic acid groups (broad SMARTS) is 1. The van der Waals surface area contributed by atoms with Gasteiger partial charge in [0.2, 0.25) is 0 Å². The molecule has 0 heterocycles. The molecule has 2 aliphatic carbocycles. The van der Waals surface area contributed by atoms with Gasteiger partial charge in [0.05, 0.1) is 11.3 Å². The zero-order valence-corrected chi connectivity index (χ0v) is 37.8. The number of carbonyl (C=O) groups excluding carboxylic acids is 1. The minimum atomic E-state index is -6.91. The lowest BCUT2D eigenvalue weighted by atomic mass is 9.66. The van der Waals surface area contributed by atoms with Gasteiger partial charge in [-0.05, 0) is 105 Å². The first-order valence-corrected chi connectivity index (χ1v) is 22.7. The maximum atomic E-state index is 13.8. The van der Waals surface area contributed by atoms with Crippen LogP contribution in [0.3, 0.4) is 0 Å². The van der Waals surface area contributed by atoms with Crippen molar-refractivity contribution in [2.24, 2.45) is 17.8 Å². The third-order valence-electron chi connectivity index (χ3n) is 13.3. The summed E-state index contributed by atoms with van der Waals surface area (Å²) in [6, 6.07) is 9.90. The Morgan fingerprint density at radius 1 is 0.536 bits per heavy atom. The Morgan fingerprint density at radius 2 is 0.928 bits per heavy atom. The Labute approximate surface area is 387 Å². The average molecular weight is 1030 g/mol. The summed E-state index contributed by atoms with van der Waals surface area (Å²) in [5.41, 5.74) is -0.831. The molecule has 2 aromatic rings. The van der Waals surface area contributed by atoms with E-state index in [9.17, 15) is 93.7 Å². The first-order valence-electron chi connectivity index (χ1n) is 22.7. The lowest BCUT2D eigenvalue weighted by molar-refractivity contribution is -0.396. The highest BCUT2D eigenvalue weighted by molar-refractivity contribution is 5.81. The van der Waals surface area contributed by atoms with Crippen LogP contribution < -0.4 is 4.74 Å². The summed E-state index contributed by atoms with van der Waals surface area (Å²) in [6.07, 6.45) is -6.38. The summed E-state index contributed by atoms with van der Waals surface area (Å²) in [5.74, 6) is -39.0. The molecule has 0 atom stereocenters. The van der Waals surface area contributed by atoms with Gasteiger partial charge in [-0.1, -0.05) is 95.2 Å². The van der Waals surface area contributed by atoms with Crippen LogP contribution in [0, 0.1) is 17.8 Å². The molecular formula is C47H56F18O4. The van der Waals surface area contributed by atoms with Gasteiger partial charge in [0.15, 0.2) is 0 Å². The maximum Gasteiger partial charge on any atom is 0.460 e. The number of rotatable bonds is 21. The Balaban J connectivity index is 0.000000365. The molecular weight excluding hydrogens is 970 g/mol. The standard InChI is InChI=1S/C24H29F9O2.C23H27F9O2/c1-2-3-4-5-16-10-13-20(14-11-16,19(34)35)18-8-6-17(7-9-18)12-15-21(25,26)22(27,28)23(29,30)24(31,32)33;1-2-3-4-15-5-9-17(10-6-15)19(33)34-18-11-7-16(8-12-18)13-14-20(24,25)21(26,27)22(28,29)23(30,31)32/h6-9,16H,2-5,10-15H2,1H3,(H,34,35);7-8,11-12,15,17H,2-6,9-10,13-14H2,1H3. The first kappa shape index (κ1) is 59.4. The smallest absolute Gasteiger partial charge is 0.460 e. The SMILES string of the molecule is CCCCC1CCC(C(=O)Oc2ccc(CCC(F)(F)C(F)(F)C(F)(F)C(F)(F)F)cc2)CC1.CCCCCC1CCC(C(=O)O)(c2ccc(CCC(F)(F)C(F)(F)C(F)(F)C(F)(F)F)cc2)CC1. The number of carbonyl (C=O) groups is 2. The second-order valence-corrected chi connectivity index (χ2v) is 18.2. The van der Waals surface area contributed by atoms with E-state index < -0.39 is 90.9 Å². The van der Waals surface area contributed by atoms with Gasteiger partial charge in [0.1, 0.15) is 5.75 Å². The summed E-state index contributed by atoms with van der Waals surface area (Å²) in [6.45, 7) is 4.20. The molecule has 0 spiro atoms. The largest absolute Gasteiger partial charge is 0.481 e. The van der Waals surface area contributed by atoms with E-state index in [0.29, 0.717) is 55.9 Å². The van der Waals surface area contributed by atoms with Crippen molar-refractivity contribution in [3.8, 4) is 5.75 Å². The Kier molecular flexibility index (Phi) is 19.9. The van der Waals surface area contributed by atoms with E-state index in [-0.39, 0.29) is 22.8 Å². The number of esters is 1. The molecule has 0 radical (unpaired) electrons. The minimum absolute atomic E-state index is 0.0201. The molecule has 2 fully saturated rings. The van der Waals surface area contributed by atoms with Gasteiger partial charge in [0, 0.05) is 12.8 Å². The fourth-order valence-corrected chi connectivity index (χ4v) is 8.59. The van der Waals surface area contributed by atoms with Crippen molar-refractivity contribution in [1.82, 2.24) is 0 Å². The van der Waals surface area contributed by atoms with Crippen LogP contribution in [0.4, 0.5) is 79.0 Å². The topological polar surface area (TPSA) is 63.6 Å². The highest BCUT2D eigenvalue weighted by Gasteiger charge is 2.82. The van der Waals surface area contributed by atoms with Crippen LogP contribution in [0.25, 0.3) is 0 Å². The first-order chi connectivity index (χ1) is 31.6. The molecule has 4 rings (SSSR count). The summed E-state index contributed by atoms with van der Waals surface area (Å²) in [4.78, 5) is 24.5. The number of halogens is 18. The van der Waals surface area contributed by atoms with Gasteiger partial charge in [0.25, 0.3) is 0 Å². The van der Waals surface area contributed by atoms with Gasteiger partial charge in [-0.25, -0.2) is 0 Å². The molecule has 2 aromatic carbocycles. The number of ether oxygens (including phenoxy) is 1. The normalized spacial score (nSPS) is 21.3. The number of unbranched alkanes of at least 4 members (excludes halogenated alkanes) is 3. The van der Waals surface area contributed by atoms with Crippen LogP contribution >= 0.6 is 0 Å². The molecule has 0 saturated heterocycles. The average Bonchev–Trinajstić information content (AvgIpc) is 3.27. The number of hydrogen-bond donors (Lipinski definition) is 1. The van der Waals surface area contributed by atoms with Crippen LogP contribution in [0.1, 0.15) is 140 Å². The van der Waals surface area contributed by atoms with Crippen LogP contribution in [0.5, 0.6) is 5.75 Å². The van der Waals surface area contributed by atoms with E-state index in [1.807, 2.05) is 0 Å². The fourth-order valence-electron chi connectivity index (χ4n) is 8.59. The van der Waals surface area contributed by atoms with E-state index in [0.717, 1.165) is 69.9 Å². The Morgan fingerprint density at radius 3 is 1.32 bits per heavy atom. The van der Waals surface area contributed by atoms with Crippen molar-refractivity contribution >= 4 is 11.9 Å². The molecule has 69 heavy (non-hydrogen) atoms. The molecule has 0 aromatic heterocycles. The summed E-state index contributed by atoms with van der Waals surface area (Å²) in [5, 5.41) is 9.91. The van der Waals surface area contributed by atoms with Crippen molar-refractivity contribution in [2.75, 3.05) is 0 Å². The molecule has 0 unspecified atom stereocenters. The number of aliphatic carboxylic acids is 1. The highest BCUT2D eigenvalue weighted by atomic mass is 19.4. The van der Waals surface area contributed by atoms with Gasteiger partial charge < -0.3 is 9.84 Å². The van der Waals surface area contributed by atoms with E-state index >= 15 is 0 Å². The van der Waals surface area contributed by atoms with Crippen molar-refractivity contribution in [3.05, 3.63) is 65.2 Å².